The van der Waals surface area contributed by atoms with E-state index in [2.05, 4.69) is 5.10 Å². The third kappa shape index (κ3) is 1.43. The van der Waals surface area contributed by atoms with Gasteiger partial charge in [0.25, 0.3) is 0 Å². The molecule has 3 nitrogen and oxygen atoms in total. The molecule has 0 aliphatic rings. The van der Waals surface area contributed by atoms with E-state index in [4.69, 9.17) is 0 Å². The fourth-order valence-electron chi connectivity index (χ4n) is 1.77. The van der Waals surface area contributed by atoms with Crippen LogP contribution >= 0.6 is 11.3 Å². The monoisotopic (exact) mass is 230 g/mol. The molecule has 0 spiro atoms. The summed E-state index contributed by atoms with van der Waals surface area (Å²) in [6.45, 7) is 0. The van der Waals surface area contributed by atoms with Crippen molar-refractivity contribution in [2.24, 2.45) is 0 Å². The van der Waals surface area contributed by atoms with Gasteiger partial charge >= 0.3 is 0 Å². The Balaban J connectivity index is 2.12. The molecule has 80 valence electrons. The number of rotatable bonds is 2. The van der Waals surface area contributed by atoms with E-state index >= 15 is 0 Å². The van der Waals surface area contributed by atoms with Crippen LogP contribution in [-0.2, 0) is 0 Å². The third-order valence-electron chi connectivity index (χ3n) is 2.56. The molecule has 0 aromatic carbocycles. The van der Waals surface area contributed by atoms with Crippen molar-refractivity contribution in [2.45, 2.75) is 6.10 Å². The molecule has 3 heterocycles. The van der Waals surface area contributed by atoms with Gasteiger partial charge in [-0.05, 0) is 23.6 Å². The summed E-state index contributed by atoms with van der Waals surface area (Å²) in [5.74, 6) is 0. The van der Waals surface area contributed by atoms with Gasteiger partial charge < -0.3 is 5.11 Å². The topological polar surface area (TPSA) is 37.5 Å². The van der Waals surface area contributed by atoms with E-state index in [1.54, 1.807) is 22.0 Å². The van der Waals surface area contributed by atoms with Crippen LogP contribution in [0.15, 0.2) is 48.1 Å². The first-order valence-electron chi connectivity index (χ1n) is 5.00. The summed E-state index contributed by atoms with van der Waals surface area (Å²) >= 11 is 1.55. The molecule has 3 aromatic heterocycles. The van der Waals surface area contributed by atoms with Gasteiger partial charge in [-0.1, -0.05) is 12.1 Å². The summed E-state index contributed by atoms with van der Waals surface area (Å²) in [6.07, 6.45) is 3.01. The number of aromatic nitrogens is 2. The fraction of sp³-hybridized carbons (Fsp3) is 0.0833. The molecule has 1 unspecified atom stereocenters. The second-order valence-electron chi connectivity index (χ2n) is 3.55. The van der Waals surface area contributed by atoms with Crippen LogP contribution in [0.4, 0.5) is 0 Å². The van der Waals surface area contributed by atoms with Crippen molar-refractivity contribution in [3.05, 3.63) is 58.5 Å². The van der Waals surface area contributed by atoms with Crippen LogP contribution in [0.2, 0.25) is 0 Å². The molecule has 1 atom stereocenters. The average molecular weight is 230 g/mol. The Morgan fingerprint density at radius 3 is 3.00 bits per heavy atom. The van der Waals surface area contributed by atoms with E-state index in [0.717, 1.165) is 16.0 Å². The molecule has 0 aliphatic carbocycles. The Hall–Kier alpha value is -1.65. The first-order chi connectivity index (χ1) is 7.86. The van der Waals surface area contributed by atoms with Crippen LogP contribution in [-0.4, -0.2) is 14.7 Å². The van der Waals surface area contributed by atoms with Crippen molar-refractivity contribution >= 4 is 16.9 Å². The van der Waals surface area contributed by atoms with E-state index < -0.39 is 6.10 Å². The van der Waals surface area contributed by atoms with Gasteiger partial charge in [-0.2, -0.15) is 5.10 Å². The number of fused-ring (bicyclic) bond motifs is 1. The van der Waals surface area contributed by atoms with E-state index in [1.165, 1.54) is 0 Å². The minimum atomic E-state index is -0.583. The van der Waals surface area contributed by atoms with Gasteiger partial charge in [0, 0.05) is 16.6 Å². The summed E-state index contributed by atoms with van der Waals surface area (Å²) in [5.41, 5.74) is 1.80. The predicted octanol–water partition coefficient (Wildman–Crippen LogP) is 2.48. The summed E-state index contributed by atoms with van der Waals surface area (Å²) in [5, 5.41) is 16.4. The molecule has 16 heavy (non-hydrogen) atoms. The second-order valence-corrected chi connectivity index (χ2v) is 4.53. The van der Waals surface area contributed by atoms with Gasteiger partial charge in [-0.25, -0.2) is 4.52 Å². The van der Waals surface area contributed by atoms with Gasteiger partial charge in [-0.15, -0.1) is 11.3 Å². The van der Waals surface area contributed by atoms with Crippen LogP contribution in [0.3, 0.4) is 0 Å². The predicted molar refractivity (Wildman–Crippen MR) is 63.6 cm³/mol. The highest BCUT2D eigenvalue weighted by Crippen LogP contribution is 2.28. The Morgan fingerprint density at radius 1 is 1.25 bits per heavy atom. The lowest BCUT2D eigenvalue weighted by molar-refractivity contribution is 0.225. The maximum Gasteiger partial charge on any atom is 0.117 e. The van der Waals surface area contributed by atoms with Crippen molar-refractivity contribution in [2.75, 3.05) is 0 Å². The van der Waals surface area contributed by atoms with Crippen LogP contribution in [0.1, 0.15) is 16.5 Å². The minimum Gasteiger partial charge on any atom is -0.383 e. The first kappa shape index (κ1) is 9.57. The van der Waals surface area contributed by atoms with Crippen LogP contribution < -0.4 is 0 Å². The van der Waals surface area contributed by atoms with E-state index in [-0.39, 0.29) is 0 Å². The molecule has 0 aliphatic heterocycles. The fourth-order valence-corrected chi connectivity index (χ4v) is 2.49. The van der Waals surface area contributed by atoms with Crippen molar-refractivity contribution in [3.8, 4) is 0 Å². The molecule has 3 aromatic rings. The van der Waals surface area contributed by atoms with Crippen molar-refractivity contribution in [1.29, 1.82) is 0 Å². The molecule has 4 heteroatoms. The van der Waals surface area contributed by atoms with Gasteiger partial charge in [0.15, 0.2) is 0 Å². The minimum absolute atomic E-state index is 0.583. The van der Waals surface area contributed by atoms with E-state index in [9.17, 15) is 5.11 Å². The Kier molecular flexibility index (Phi) is 2.23. The molecule has 0 saturated heterocycles. The second kappa shape index (κ2) is 3.73. The molecule has 3 rings (SSSR count). The largest absolute Gasteiger partial charge is 0.383 e. The zero-order valence-corrected chi connectivity index (χ0v) is 9.26. The third-order valence-corrected chi connectivity index (χ3v) is 3.49. The molecule has 1 N–H and O–H groups in total. The normalized spacial score (nSPS) is 13.1. The van der Waals surface area contributed by atoms with Gasteiger partial charge in [0.1, 0.15) is 6.10 Å². The molecule has 0 bridgehead atoms. The van der Waals surface area contributed by atoms with E-state index in [1.807, 2.05) is 41.9 Å². The van der Waals surface area contributed by atoms with Gasteiger partial charge in [-0.3, -0.25) is 0 Å². The molecular formula is C12H10N2OS. The summed E-state index contributed by atoms with van der Waals surface area (Å²) < 4.78 is 1.77. The highest BCUT2D eigenvalue weighted by molar-refractivity contribution is 7.10. The molecule has 0 saturated carbocycles. The summed E-state index contributed by atoms with van der Waals surface area (Å²) in [6, 6.07) is 9.69. The number of hydrogen-bond donors (Lipinski definition) is 1. The number of hydrogen-bond acceptors (Lipinski definition) is 3. The maximum atomic E-state index is 10.2. The molecule has 0 amide bonds. The highest BCUT2D eigenvalue weighted by Gasteiger charge is 2.15. The van der Waals surface area contributed by atoms with Gasteiger partial charge in [0.2, 0.25) is 0 Å². The number of nitrogens with zero attached hydrogens (tertiary/aromatic N) is 2. The zero-order valence-electron chi connectivity index (χ0n) is 8.45. The van der Waals surface area contributed by atoms with Gasteiger partial charge in [0.05, 0.1) is 11.7 Å². The Morgan fingerprint density at radius 2 is 2.19 bits per heavy atom. The number of thiophene rings is 1. The van der Waals surface area contributed by atoms with Crippen molar-refractivity contribution < 1.29 is 5.11 Å². The molecule has 0 radical (unpaired) electrons. The molecular weight excluding hydrogens is 220 g/mol. The first-order valence-corrected chi connectivity index (χ1v) is 5.88. The van der Waals surface area contributed by atoms with Crippen LogP contribution in [0.5, 0.6) is 0 Å². The lowest BCUT2D eigenvalue weighted by atomic mass is 10.1. The SMILES string of the molecule is OC(c1cccs1)c1cnn2ccccc12. The lowest BCUT2D eigenvalue weighted by Crippen LogP contribution is -1.96. The maximum absolute atomic E-state index is 10.2. The van der Waals surface area contributed by atoms with Crippen molar-refractivity contribution in [1.82, 2.24) is 9.61 Å². The summed E-state index contributed by atoms with van der Waals surface area (Å²) in [7, 11) is 0. The van der Waals surface area contributed by atoms with Crippen LogP contribution in [0, 0.1) is 0 Å². The molecule has 0 fully saturated rings. The summed E-state index contributed by atoms with van der Waals surface area (Å²) in [4.78, 5) is 0.943. The standard InChI is InChI=1S/C12H10N2OS/c15-12(11-5-3-7-16-11)9-8-13-14-6-2-1-4-10(9)14/h1-8,12,15H. The smallest absolute Gasteiger partial charge is 0.117 e. The zero-order chi connectivity index (χ0) is 11.0. The quantitative estimate of drug-likeness (QED) is 0.734. The number of pyridine rings is 1. The number of aliphatic hydroxyl groups is 1. The number of aliphatic hydroxyl groups excluding tert-OH is 1. The lowest BCUT2D eigenvalue weighted by Gasteiger charge is -2.06. The average Bonchev–Trinajstić information content (AvgIpc) is 2.98. The Labute approximate surface area is 96.6 Å². The van der Waals surface area contributed by atoms with E-state index in [0.29, 0.717) is 0 Å². The van der Waals surface area contributed by atoms with Crippen molar-refractivity contribution in [3.63, 3.8) is 0 Å². The highest BCUT2D eigenvalue weighted by atomic mass is 32.1. The van der Waals surface area contributed by atoms with Crippen LogP contribution in [0.25, 0.3) is 5.52 Å². The Bertz CT molecular complexity index is 600.